The van der Waals surface area contributed by atoms with E-state index in [1.165, 1.54) is 11.0 Å². The van der Waals surface area contributed by atoms with Crippen LogP contribution in [0.2, 0.25) is 0 Å². The van der Waals surface area contributed by atoms with Crippen molar-refractivity contribution >= 4 is 5.91 Å². The van der Waals surface area contributed by atoms with Gasteiger partial charge in [-0.05, 0) is 30.5 Å². The molecule has 1 heterocycles. The number of rotatable bonds is 5. The van der Waals surface area contributed by atoms with Crippen molar-refractivity contribution in [3.05, 3.63) is 35.6 Å². The Balaban J connectivity index is 1.59. The second-order valence-corrected chi connectivity index (χ2v) is 6.72. The van der Waals surface area contributed by atoms with Crippen molar-refractivity contribution in [1.29, 1.82) is 0 Å². The molecule has 1 saturated carbocycles. The fourth-order valence-corrected chi connectivity index (χ4v) is 3.54. The molecule has 132 valence electrons. The molecule has 1 aromatic carbocycles. The van der Waals surface area contributed by atoms with Crippen LogP contribution in [0, 0.1) is 5.82 Å². The Morgan fingerprint density at radius 2 is 2.25 bits per heavy atom. The second kappa shape index (κ2) is 7.59. The molecular weight excluding hydrogens is 311 g/mol. The molecule has 2 aliphatic rings. The summed E-state index contributed by atoms with van der Waals surface area (Å²) in [5.74, 6) is -0.238. The van der Waals surface area contributed by atoms with Crippen LogP contribution in [0.3, 0.4) is 0 Å². The number of amides is 1. The highest BCUT2D eigenvalue weighted by molar-refractivity contribution is 5.76. The van der Waals surface area contributed by atoms with E-state index in [0.717, 1.165) is 24.9 Å². The summed E-state index contributed by atoms with van der Waals surface area (Å²) in [7, 11) is 3.45. The van der Waals surface area contributed by atoms with Crippen molar-refractivity contribution in [2.24, 2.45) is 0 Å². The van der Waals surface area contributed by atoms with Crippen LogP contribution < -0.4 is 0 Å². The van der Waals surface area contributed by atoms with Gasteiger partial charge >= 0.3 is 0 Å². The first kappa shape index (κ1) is 17.3. The molecule has 0 spiro atoms. The maximum Gasteiger partial charge on any atom is 0.248 e. The number of carbonyl (C=O) groups is 1. The van der Waals surface area contributed by atoms with Gasteiger partial charge in [-0.1, -0.05) is 12.1 Å². The van der Waals surface area contributed by atoms with Crippen molar-refractivity contribution < 1.29 is 18.7 Å². The summed E-state index contributed by atoms with van der Waals surface area (Å²) in [6, 6.07) is 7.01. The molecule has 1 saturated heterocycles. The molecule has 2 fully saturated rings. The van der Waals surface area contributed by atoms with Gasteiger partial charge in [0.25, 0.3) is 0 Å². The summed E-state index contributed by atoms with van der Waals surface area (Å²) in [5, 5.41) is 0. The molecular formula is C18H25FN2O3. The first-order valence-electron chi connectivity index (χ1n) is 8.46. The fourth-order valence-electron chi connectivity index (χ4n) is 3.54. The van der Waals surface area contributed by atoms with Crippen LogP contribution in [-0.4, -0.2) is 67.8 Å². The monoisotopic (exact) mass is 336 g/mol. The number of hydrogen-bond acceptors (Lipinski definition) is 4. The van der Waals surface area contributed by atoms with Crippen molar-refractivity contribution in [3.63, 3.8) is 0 Å². The zero-order valence-electron chi connectivity index (χ0n) is 14.3. The molecule has 1 amide bonds. The number of nitrogens with zero attached hydrogens (tertiary/aromatic N) is 2. The normalized spacial score (nSPS) is 27.0. The van der Waals surface area contributed by atoms with Gasteiger partial charge in [-0.25, -0.2) is 4.39 Å². The van der Waals surface area contributed by atoms with Gasteiger partial charge in [-0.15, -0.1) is 0 Å². The molecule has 0 bridgehead atoms. The van der Waals surface area contributed by atoms with Crippen molar-refractivity contribution in [3.8, 4) is 0 Å². The Morgan fingerprint density at radius 1 is 1.42 bits per heavy atom. The third kappa shape index (κ3) is 3.94. The third-order valence-corrected chi connectivity index (χ3v) is 4.84. The Morgan fingerprint density at radius 3 is 3.00 bits per heavy atom. The van der Waals surface area contributed by atoms with E-state index in [4.69, 9.17) is 9.47 Å². The van der Waals surface area contributed by atoms with Crippen LogP contribution in [0.15, 0.2) is 24.3 Å². The van der Waals surface area contributed by atoms with Crippen LogP contribution in [0.1, 0.15) is 18.4 Å². The smallest absolute Gasteiger partial charge is 0.248 e. The average molecular weight is 336 g/mol. The van der Waals surface area contributed by atoms with E-state index in [2.05, 4.69) is 4.90 Å². The van der Waals surface area contributed by atoms with Gasteiger partial charge < -0.3 is 14.4 Å². The van der Waals surface area contributed by atoms with Crippen LogP contribution in [-0.2, 0) is 20.8 Å². The summed E-state index contributed by atoms with van der Waals surface area (Å²) in [6.45, 7) is 2.28. The number of halogens is 1. The lowest BCUT2D eigenvalue weighted by Crippen LogP contribution is -2.51. The molecule has 24 heavy (non-hydrogen) atoms. The fraction of sp³-hybridized carbons (Fsp3) is 0.611. The van der Waals surface area contributed by atoms with E-state index in [-0.39, 0.29) is 36.6 Å². The maximum absolute atomic E-state index is 13.4. The average Bonchev–Trinajstić information content (AvgIpc) is 2.97. The third-order valence-electron chi connectivity index (χ3n) is 4.84. The number of likely N-dealkylation sites (N-methyl/N-ethyl adjacent to an activating group) is 1. The predicted octanol–water partition coefficient (Wildman–Crippen LogP) is 1.66. The van der Waals surface area contributed by atoms with Gasteiger partial charge in [0.2, 0.25) is 5.91 Å². The molecule has 1 aromatic rings. The van der Waals surface area contributed by atoms with E-state index < -0.39 is 0 Å². The molecule has 1 aliphatic heterocycles. The summed E-state index contributed by atoms with van der Waals surface area (Å²) in [6.07, 6.45) is 1.80. The van der Waals surface area contributed by atoms with E-state index in [9.17, 15) is 9.18 Å². The summed E-state index contributed by atoms with van der Waals surface area (Å²) in [4.78, 5) is 15.6. The molecule has 3 rings (SSSR count). The molecule has 0 unspecified atom stereocenters. The topological polar surface area (TPSA) is 42.0 Å². The zero-order valence-corrected chi connectivity index (χ0v) is 14.3. The minimum Gasteiger partial charge on any atom is -0.373 e. The van der Waals surface area contributed by atoms with E-state index in [1.54, 1.807) is 26.2 Å². The minimum atomic E-state index is -0.202. The zero-order chi connectivity index (χ0) is 17.1. The number of hydrogen-bond donors (Lipinski definition) is 0. The lowest BCUT2D eigenvalue weighted by atomic mass is 10.1. The lowest BCUT2D eigenvalue weighted by molar-refractivity contribution is -0.144. The summed E-state index contributed by atoms with van der Waals surface area (Å²) in [5.41, 5.74) is 0.975. The van der Waals surface area contributed by atoms with Gasteiger partial charge in [-0.2, -0.15) is 0 Å². The molecule has 0 radical (unpaired) electrons. The predicted molar refractivity (Wildman–Crippen MR) is 88.0 cm³/mol. The van der Waals surface area contributed by atoms with Gasteiger partial charge in [0.1, 0.15) is 12.4 Å². The molecule has 1 aliphatic carbocycles. The van der Waals surface area contributed by atoms with Gasteiger partial charge in [0.05, 0.1) is 18.8 Å². The first-order valence-corrected chi connectivity index (χ1v) is 8.46. The number of benzene rings is 1. The summed E-state index contributed by atoms with van der Waals surface area (Å²) >= 11 is 0. The molecule has 6 heteroatoms. The van der Waals surface area contributed by atoms with E-state index in [0.29, 0.717) is 13.2 Å². The van der Waals surface area contributed by atoms with Gasteiger partial charge in [0, 0.05) is 33.2 Å². The van der Waals surface area contributed by atoms with Crippen LogP contribution in [0.4, 0.5) is 4.39 Å². The molecule has 0 N–H and O–H groups in total. The summed E-state index contributed by atoms with van der Waals surface area (Å²) < 4.78 is 25.1. The minimum absolute atomic E-state index is 0.0118. The number of morpholine rings is 1. The maximum atomic E-state index is 13.4. The highest BCUT2D eigenvalue weighted by Gasteiger charge is 2.43. The van der Waals surface area contributed by atoms with Crippen molar-refractivity contribution in [1.82, 2.24) is 9.80 Å². The Bertz CT molecular complexity index is 581. The van der Waals surface area contributed by atoms with Crippen LogP contribution in [0.25, 0.3) is 0 Å². The van der Waals surface area contributed by atoms with Crippen molar-refractivity contribution in [2.75, 3.05) is 33.9 Å². The Hall–Kier alpha value is -1.50. The van der Waals surface area contributed by atoms with Crippen molar-refractivity contribution in [2.45, 2.75) is 37.6 Å². The van der Waals surface area contributed by atoms with Gasteiger partial charge in [0.15, 0.2) is 0 Å². The number of carbonyl (C=O) groups excluding carboxylic acids is 1. The highest BCUT2D eigenvalue weighted by atomic mass is 19.1. The largest absolute Gasteiger partial charge is 0.373 e. The standard InChI is InChI=1S/C18H25FN2O3/c1-20(2)17(22)12-24-16-7-6-15-18(16)23-9-8-21(15)11-13-4-3-5-14(19)10-13/h3-5,10,15-16,18H,6-9,11-12H2,1-2H3/t15-,16+,18+/m0/s1. The molecule has 5 nitrogen and oxygen atoms in total. The lowest BCUT2D eigenvalue weighted by Gasteiger charge is -2.39. The van der Waals surface area contributed by atoms with Crippen LogP contribution in [0.5, 0.6) is 0 Å². The quantitative estimate of drug-likeness (QED) is 0.820. The second-order valence-electron chi connectivity index (χ2n) is 6.72. The van der Waals surface area contributed by atoms with E-state index in [1.807, 2.05) is 6.07 Å². The Kier molecular flexibility index (Phi) is 5.48. The van der Waals surface area contributed by atoms with Crippen LogP contribution >= 0.6 is 0 Å². The highest BCUT2D eigenvalue weighted by Crippen LogP contribution is 2.33. The molecule has 0 aromatic heterocycles. The molecule has 3 atom stereocenters. The SMILES string of the molecule is CN(C)C(=O)CO[C@@H]1CC[C@H]2[C@H]1OCCN2Cc1cccc(F)c1. The Labute approximate surface area is 142 Å². The number of fused-ring (bicyclic) bond motifs is 1. The number of ether oxygens (including phenoxy) is 2. The van der Waals surface area contributed by atoms with Gasteiger partial charge in [-0.3, -0.25) is 9.69 Å². The first-order chi connectivity index (χ1) is 11.5. The van der Waals surface area contributed by atoms with E-state index >= 15 is 0 Å².